The van der Waals surface area contributed by atoms with E-state index >= 15 is 0 Å². The Labute approximate surface area is 140 Å². The molecule has 1 amide bonds. The maximum absolute atomic E-state index is 11.5. The Morgan fingerprint density at radius 2 is 2.00 bits per heavy atom. The molecule has 0 aliphatic heterocycles. The zero-order valence-corrected chi connectivity index (χ0v) is 14.3. The topological polar surface area (TPSA) is 122 Å². The second-order valence-corrected chi connectivity index (χ2v) is 6.53. The third kappa shape index (κ3) is 6.13. The van der Waals surface area contributed by atoms with Crippen molar-refractivity contribution in [3.05, 3.63) is 39.4 Å². The zero-order chi connectivity index (χ0) is 18.5. The van der Waals surface area contributed by atoms with Crippen molar-refractivity contribution in [2.24, 2.45) is 0 Å². The molecule has 1 aromatic carbocycles. The lowest BCUT2D eigenvalue weighted by molar-refractivity contribution is -0.385. The van der Waals surface area contributed by atoms with Crippen molar-refractivity contribution in [1.29, 1.82) is 0 Å². The normalized spacial score (nSPS) is 13.9. The monoisotopic (exact) mass is 340 g/mol. The maximum atomic E-state index is 11.5. The van der Waals surface area contributed by atoms with Crippen molar-refractivity contribution in [3.63, 3.8) is 0 Å². The number of nitro groups is 1. The summed E-state index contributed by atoms with van der Waals surface area (Å²) >= 11 is 0. The highest BCUT2D eigenvalue weighted by molar-refractivity contribution is 5.67. The lowest BCUT2D eigenvalue weighted by atomic mass is 10.00. The third-order valence-electron chi connectivity index (χ3n) is 3.24. The number of aryl methyl sites for hydroxylation is 1. The molecule has 134 valence electrons. The van der Waals surface area contributed by atoms with Crippen molar-refractivity contribution in [1.82, 2.24) is 5.32 Å². The summed E-state index contributed by atoms with van der Waals surface area (Å²) in [5.41, 5.74) is -0.0250. The summed E-state index contributed by atoms with van der Waals surface area (Å²) in [6.45, 7) is 6.89. The molecule has 2 atom stereocenters. The van der Waals surface area contributed by atoms with E-state index in [1.165, 1.54) is 18.2 Å². The van der Waals surface area contributed by atoms with E-state index in [9.17, 15) is 25.1 Å². The highest BCUT2D eigenvalue weighted by atomic mass is 16.6. The summed E-state index contributed by atoms with van der Waals surface area (Å²) in [7, 11) is 0. The van der Waals surface area contributed by atoms with Crippen LogP contribution in [0.15, 0.2) is 18.2 Å². The lowest BCUT2D eigenvalue weighted by Gasteiger charge is -2.21. The Morgan fingerprint density at radius 1 is 1.38 bits per heavy atom. The van der Waals surface area contributed by atoms with E-state index in [1.54, 1.807) is 27.7 Å². The van der Waals surface area contributed by atoms with Gasteiger partial charge in [0.2, 0.25) is 0 Å². The standard InChI is InChI=1S/C16H24N2O6/c1-10-5-6-11(9-12(10)18(22)23)14(20)13(19)7-8-17-15(21)24-16(2,3)4/h5-6,9,13-14,19-20H,7-8H2,1-4H3,(H,17,21). The number of ether oxygens (including phenoxy) is 1. The number of aliphatic hydroxyl groups excluding tert-OH is 2. The van der Waals surface area contributed by atoms with Crippen LogP contribution in [-0.4, -0.2) is 39.5 Å². The number of amides is 1. The van der Waals surface area contributed by atoms with Crippen LogP contribution >= 0.6 is 0 Å². The van der Waals surface area contributed by atoms with Gasteiger partial charge >= 0.3 is 6.09 Å². The van der Waals surface area contributed by atoms with Gasteiger partial charge in [-0.25, -0.2) is 4.79 Å². The molecule has 0 aromatic heterocycles. The lowest BCUT2D eigenvalue weighted by Crippen LogP contribution is -2.34. The Bertz CT molecular complexity index is 597. The van der Waals surface area contributed by atoms with Gasteiger partial charge in [-0.05, 0) is 39.7 Å². The van der Waals surface area contributed by atoms with Gasteiger partial charge < -0.3 is 20.3 Å². The van der Waals surface area contributed by atoms with Crippen LogP contribution < -0.4 is 5.32 Å². The maximum Gasteiger partial charge on any atom is 0.407 e. The van der Waals surface area contributed by atoms with Crippen LogP contribution in [0.2, 0.25) is 0 Å². The first-order chi connectivity index (χ1) is 11.0. The van der Waals surface area contributed by atoms with Gasteiger partial charge in [-0.15, -0.1) is 0 Å². The Morgan fingerprint density at radius 3 is 2.54 bits per heavy atom. The second kappa shape index (κ2) is 8.07. The number of carbonyl (C=O) groups is 1. The van der Waals surface area contributed by atoms with Crippen LogP contribution in [0.25, 0.3) is 0 Å². The third-order valence-corrected chi connectivity index (χ3v) is 3.24. The number of nitro benzene ring substituents is 1. The minimum Gasteiger partial charge on any atom is -0.444 e. The van der Waals surface area contributed by atoms with Crippen molar-refractivity contribution in [2.45, 2.75) is 51.9 Å². The molecule has 8 nitrogen and oxygen atoms in total. The molecule has 3 N–H and O–H groups in total. The minimum absolute atomic E-state index is 0.0715. The van der Waals surface area contributed by atoms with Gasteiger partial charge in [-0.3, -0.25) is 10.1 Å². The van der Waals surface area contributed by atoms with Crippen LogP contribution in [0.4, 0.5) is 10.5 Å². The summed E-state index contributed by atoms with van der Waals surface area (Å²) < 4.78 is 5.05. The molecule has 0 aliphatic rings. The SMILES string of the molecule is Cc1ccc(C(O)C(O)CCNC(=O)OC(C)(C)C)cc1[N+](=O)[O-]. The van der Waals surface area contributed by atoms with Crippen LogP contribution in [0.5, 0.6) is 0 Å². The van der Waals surface area contributed by atoms with E-state index < -0.39 is 28.8 Å². The fourth-order valence-electron chi connectivity index (χ4n) is 2.02. The van der Waals surface area contributed by atoms with E-state index in [1.807, 2.05) is 0 Å². The molecular weight excluding hydrogens is 316 g/mol. The number of nitrogens with one attached hydrogen (secondary N) is 1. The van der Waals surface area contributed by atoms with Gasteiger partial charge in [0.05, 0.1) is 11.0 Å². The van der Waals surface area contributed by atoms with Gasteiger partial charge in [0, 0.05) is 18.2 Å². The van der Waals surface area contributed by atoms with Crippen LogP contribution in [0, 0.1) is 17.0 Å². The number of carbonyl (C=O) groups excluding carboxylic acids is 1. The van der Waals surface area contributed by atoms with Crippen molar-refractivity contribution >= 4 is 11.8 Å². The number of nitrogens with zero attached hydrogens (tertiary/aromatic N) is 1. The molecule has 24 heavy (non-hydrogen) atoms. The zero-order valence-electron chi connectivity index (χ0n) is 14.3. The molecule has 0 bridgehead atoms. The predicted molar refractivity (Wildman–Crippen MR) is 87.7 cm³/mol. The van der Waals surface area contributed by atoms with E-state index in [2.05, 4.69) is 5.32 Å². The van der Waals surface area contributed by atoms with Crippen molar-refractivity contribution in [2.75, 3.05) is 6.54 Å². The molecule has 0 saturated heterocycles. The van der Waals surface area contributed by atoms with Crippen molar-refractivity contribution in [3.8, 4) is 0 Å². The van der Waals surface area contributed by atoms with Gasteiger partial charge in [-0.2, -0.15) is 0 Å². The first-order valence-corrected chi connectivity index (χ1v) is 7.59. The fraction of sp³-hybridized carbons (Fsp3) is 0.562. The molecule has 0 spiro atoms. The minimum atomic E-state index is -1.29. The molecule has 1 aromatic rings. The molecule has 0 fully saturated rings. The fourth-order valence-corrected chi connectivity index (χ4v) is 2.02. The second-order valence-electron chi connectivity index (χ2n) is 6.53. The summed E-state index contributed by atoms with van der Waals surface area (Å²) in [6.07, 6.45) is -3.01. The number of rotatable bonds is 6. The van der Waals surface area contributed by atoms with E-state index in [0.29, 0.717) is 5.56 Å². The number of hydrogen-bond donors (Lipinski definition) is 3. The number of hydrogen-bond acceptors (Lipinski definition) is 6. The van der Waals surface area contributed by atoms with Gasteiger partial charge in [-0.1, -0.05) is 12.1 Å². The molecule has 0 aliphatic carbocycles. The molecular formula is C16H24N2O6. The summed E-state index contributed by atoms with van der Waals surface area (Å²) in [6, 6.07) is 4.28. The van der Waals surface area contributed by atoms with E-state index in [4.69, 9.17) is 4.74 Å². The van der Waals surface area contributed by atoms with Crippen LogP contribution in [0.3, 0.4) is 0 Å². The average Bonchev–Trinajstić information content (AvgIpc) is 2.44. The molecule has 1 rings (SSSR count). The van der Waals surface area contributed by atoms with Crippen LogP contribution in [0.1, 0.15) is 44.4 Å². The van der Waals surface area contributed by atoms with E-state index in [-0.39, 0.29) is 24.2 Å². The molecule has 0 heterocycles. The first kappa shape index (κ1) is 19.9. The average molecular weight is 340 g/mol. The quantitative estimate of drug-likeness (QED) is 0.539. The number of aliphatic hydroxyl groups is 2. The largest absolute Gasteiger partial charge is 0.444 e. The Hall–Kier alpha value is -2.19. The van der Waals surface area contributed by atoms with Crippen molar-refractivity contribution < 1.29 is 24.7 Å². The van der Waals surface area contributed by atoms with Crippen LogP contribution in [-0.2, 0) is 4.74 Å². The highest BCUT2D eigenvalue weighted by Crippen LogP contribution is 2.25. The molecule has 2 unspecified atom stereocenters. The summed E-state index contributed by atoms with van der Waals surface area (Å²) in [4.78, 5) is 21.9. The smallest absolute Gasteiger partial charge is 0.407 e. The van der Waals surface area contributed by atoms with Gasteiger partial charge in [0.15, 0.2) is 0 Å². The highest BCUT2D eigenvalue weighted by Gasteiger charge is 2.22. The van der Waals surface area contributed by atoms with Gasteiger partial charge in [0.1, 0.15) is 11.7 Å². The Balaban J connectivity index is 2.59. The van der Waals surface area contributed by atoms with Gasteiger partial charge in [0.25, 0.3) is 5.69 Å². The summed E-state index contributed by atoms with van der Waals surface area (Å²) in [5.74, 6) is 0. The summed E-state index contributed by atoms with van der Waals surface area (Å²) in [5, 5.41) is 33.5. The number of benzene rings is 1. The first-order valence-electron chi connectivity index (χ1n) is 7.59. The predicted octanol–water partition coefficient (Wildman–Crippen LogP) is 2.21. The van der Waals surface area contributed by atoms with E-state index in [0.717, 1.165) is 0 Å². The molecule has 0 radical (unpaired) electrons. The Kier molecular flexibility index (Phi) is 6.68. The number of alkyl carbamates (subject to hydrolysis) is 1. The molecule has 0 saturated carbocycles. The molecule has 8 heteroatoms.